The van der Waals surface area contributed by atoms with E-state index in [1.807, 2.05) is 4.57 Å². The Labute approximate surface area is 159 Å². The summed E-state index contributed by atoms with van der Waals surface area (Å²) in [6.07, 6.45) is 0. The lowest BCUT2D eigenvalue weighted by Gasteiger charge is -2.15. The molecule has 10 heteroatoms. The Morgan fingerprint density at radius 3 is 2.48 bits per heavy atom. The van der Waals surface area contributed by atoms with Crippen molar-refractivity contribution >= 4 is 27.3 Å². The van der Waals surface area contributed by atoms with Gasteiger partial charge in [0.25, 0.3) is 5.69 Å². The molecule has 1 aliphatic heterocycles. The zero-order valence-electron chi connectivity index (χ0n) is 13.9. The summed E-state index contributed by atoms with van der Waals surface area (Å²) < 4.78 is 27.3. The first-order valence-corrected chi connectivity index (χ1v) is 10.7. The van der Waals surface area contributed by atoms with E-state index in [9.17, 15) is 18.5 Å². The molecule has 138 valence electrons. The van der Waals surface area contributed by atoms with Gasteiger partial charge < -0.3 is 0 Å². The highest BCUT2D eigenvalue weighted by Gasteiger charge is 2.32. The maximum atomic E-state index is 12.7. The normalized spacial score (nSPS) is 16.2. The molecular formula is C17H14N4O4S2. The van der Waals surface area contributed by atoms with Gasteiger partial charge >= 0.3 is 0 Å². The summed E-state index contributed by atoms with van der Waals surface area (Å²) in [6.45, 7) is 0. The van der Waals surface area contributed by atoms with Gasteiger partial charge in [0.05, 0.1) is 21.6 Å². The van der Waals surface area contributed by atoms with E-state index in [-0.39, 0.29) is 22.4 Å². The molecule has 0 amide bonds. The van der Waals surface area contributed by atoms with Gasteiger partial charge in [-0.15, -0.1) is 10.2 Å². The Balaban J connectivity index is 1.66. The average Bonchev–Trinajstić information content (AvgIpc) is 3.25. The summed E-state index contributed by atoms with van der Waals surface area (Å²) in [5, 5.41) is 19.8. The van der Waals surface area contributed by atoms with E-state index >= 15 is 0 Å². The first kappa shape index (κ1) is 17.7. The first-order valence-electron chi connectivity index (χ1n) is 8.06. The molecule has 0 spiro atoms. The molecule has 1 unspecified atom stereocenters. The first-order chi connectivity index (χ1) is 13.0. The lowest BCUT2D eigenvalue weighted by Crippen LogP contribution is -2.20. The highest BCUT2D eigenvalue weighted by Crippen LogP contribution is 2.37. The molecule has 0 radical (unpaired) electrons. The molecule has 8 nitrogen and oxygen atoms in total. The molecule has 0 aliphatic carbocycles. The molecule has 2 aromatic carbocycles. The number of sulfone groups is 1. The van der Waals surface area contributed by atoms with Crippen molar-refractivity contribution in [2.45, 2.75) is 16.1 Å². The third kappa shape index (κ3) is 3.33. The van der Waals surface area contributed by atoms with Gasteiger partial charge in [-0.25, -0.2) is 8.42 Å². The number of thioether (sulfide) groups is 1. The van der Waals surface area contributed by atoms with Crippen LogP contribution in [0.4, 0.5) is 5.69 Å². The minimum atomic E-state index is -3.46. The van der Waals surface area contributed by atoms with Crippen LogP contribution in [-0.2, 0) is 9.84 Å². The molecule has 0 saturated carbocycles. The van der Waals surface area contributed by atoms with Crippen molar-refractivity contribution in [1.29, 1.82) is 0 Å². The molecular weight excluding hydrogens is 388 g/mol. The molecule has 4 rings (SSSR count). The molecule has 1 aromatic heterocycles. The van der Waals surface area contributed by atoms with Gasteiger partial charge in [0, 0.05) is 23.4 Å². The maximum Gasteiger partial charge on any atom is 0.269 e. The van der Waals surface area contributed by atoms with Crippen LogP contribution in [0.2, 0.25) is 0 Å². The number of nitro benzene ring substituents is 1. The molecule has 27 heavy (non-hydrogen) atoms. The number of hydrogen-bond acceptors (Lipinski definition) is 7. The average molecular weight is 402 g/mol. The number of fused-ring (bicyclic) bond motifs is 1. The van der Waals surface area contributed by atoms with Gasteiger partial charge in [0.1, 0.15) is 0 Å². The molecule has 0 saturated heterocycles. The van der Waals surface area contributed by atoms with E-state index in [4.69, 9.17) is 0 Å². The summed E-state index contributed by atoms with van der Waals surface area (Å²) in [4.78, 5) is 10.6. The van der Waals surface area contributed by atoms with Crippen molar-refractivity contribution in [2.24, 2.45) is 0 Å². The number of non-ortho nitro benzene ring substituents is 1. The van der Waals surface area contributed by atoms with Gasteiger partial charge in [-0.3, -0.25) is 14.7 Å². The fourth-order valence-electron chi connectivity index (χ4n) is 2.98. The van der Waals surface area contributed by atoms with Crippen molar-refractivity contribution in [1.82, 2.24) is 14.8 Å². The van der Waals surface area contributed by atoms with Crippen LogP contribution >= 0.6 is 11.8 Å². The molecule has 1 atom stereocenters. The standard InChI is InChI=1S/C17H14N4O4S2/c22-21(23)13-8-6-12(7-9-13)16-18-19-17-20(16)14(10-26-17)11-27(24,25)15-4-2-1-3-5-15/h1-9,14H,10-11H2. The molecule has 1 aliphatic rings. The monoisotopic (exact) mass is 402 g/mol. The largest absolute Gasteiger partial charge is 0.297 e. The van der Waals surface area contributed by atoms with Crippen molar-refractivity contribution in [3.63, 3.8) is 0 Å². The van der Waals surface area contributed by atoms with Crippen LogP contribution in [0.25, 0.3) is 11.4 Å². The van der Waals surface area contributed by atoms with Crippen LogP contribution in [-0.4, -0.2) is 39.6 Å². The maximum absolute atomic E-state index is 12.7. The van der Waals surface area contributed by atoms with Crippen molar-refractivity contribution in [3.05, 3.63) is 64.7 Å². The van der Waals surface area contributed by atoms with E-state index < -0.39 is 14.8 Å². The summed E-state index contributed by atoms with van der Waals surface area (Å²) >= 11 is 1.45. The molecule has 0 N–H and O–H groups in total. The van der Waals surface area contributed by atoms with Gasteiger partial charge in [0.15, 0.2) is 20.8 Å². The molecule has 0 fully saturated rings. The number of nitrogens with zero attached hydrogens (tertiary/aromatic N) is 4. The lowest BCUT2D eigenvalue weighted by molar-refractivity contribution is -0.384. The summed E-state index contributed by atoms with van der Waals surface area (Å²) in [5.74, 6) is 1.03. The second kappa shape index (κ2) is 6.78. The van der Waals surface area contributed by atoms with Crippen LogP contribution in [0.3, 0.4) is 0 Å². The second-order valence-corrected chi connectivity index (χ2v) is 9.06. The quantitative estimate of drug-likeness (QED) is 0.477. The lowest BCUT2D eigenvalue weighted by atomic mass is 10.2. The minimum Gasteiger partial charge on any atom is -0.297 e. The van der Waals surface area contributed by atoms with Crippen LogP contribution in [0.15, 0.2) is 64.6 Å². The van der Waals surface area contributed by atoms with E-state index in [1.165, 1.54) is 23.9 Å². The Morgan fingerprint density at radius 1 is 1.11 bits per heavy atom. The van der Waals surface area contributed by atoms with Crippen LogP contribution in [0, 0.1) is 10.1 Å². The van der Waals surface area contributed by atoms with Crippen molar-refractivity contribution in [2.75, 3.05) is 11.5 Å². The Kier molecular flexibility index (Phi) is 4.44. The van der Waals surface area contributed by atoms with Crippen LogP contribution < -0.4 is 0 Å². The third-order valence-electron chi connectivity index (χ3n) is 4.28. The smallest absolute Gasteiger partial charge is 0.269 e. The molecule has 3 aromatic rings. The summed E-state index contributed by atoms with van der Waals surface area (Å²) in [6, 6.07) is 14.0. The van der Waals surface area contributed by atoms with Crippen LogP contribution in [0.1, 0.15) is 6.04 Å². The Hall–Kier alpha value is -2.72. The van der Waals surface area contributed by atoms with E-state index in [2.05, 4.69) is 10.2 Å². The Bertz CT molecular complexity index is 1100. The van der Waals surface area contributed by atoms with E-state index in [1.54, 1.807) is 42.5 Å². The van der Waals surface area contributed by atoms with Gasteiger partial charge in [-0.05, 0) is 24.3 Å². The zero-order chi connectivity index (χ0) is 19.0. The Morgan fingerprint density at radius 2 is 1.81 bits per heavy atom. The third-order valence-corrected chi connectivity index (χ3v) is 7.19. The predicted octanol–water partition coefficient (Wildman–Crippen LogP) is 2.97. The van der Waals surface area contributed by atoms with Crippen molar-refractivity contribution < 1.29 is 13.3 Å². The van der Waals surface area contributed by atoms with Gasteiger partial charge in [0.2, 0.25) is 0 Å². The second-order valence-electron chi connectivity index (χ2n) is 6.04. The topological polar surface area (TPSA) is 108 Å². The fraction of sp³-hybridized carbons (Fsp3) is 0.176. The number of benzene rings is 2. The van der Waals surface area contributed by atoms with Gasteiger partial charge in [-0.2, -0.15) is 0 Å². The summed E-state index contributed by atoms with van der Waals surface area (Å²) in [5.41, 5.74) is 0.640. The molecule has 0 bridgehead atoms. The predicted molar refractivity (Wildman–Crippen MR) is 100 cm³/mol. The zero-order valence-corrected chi connectivity index (χ0v) is 15.6. The minimum absolute atomic E-state index is 0.0162. The van der Waals surface area contributed by atoms with Crippen molar-refractivity contribution in [3.8, 4) is 11.4 Å². The summed E-state index contributed by atoms with van der Waals surface area (Å²) in [7, 11) is -3.46. The van der Waals surface area contributed by atoms with Crippen LogP contribution in [0.5, 0.6) is 0 Å². The number of nitro groups is 1. The van der Waals surface area contributed by atoms with Gasteiger partial charge in [-0.1, -0.05) is 30.0 Å². The fourth-order valence-corrected chi connectivity index (χ4v) is 5.75. The molecule has 2 heterocycles. The van der Waals surface area contributed by atoms with E-state index in [0.29, 0.717) is 22.3 Å². The number of hydrogen-bond donors (Lipinski definition) is 0. The number of aromatic nitrogens is 3. The SMILES string of the molecule is O=[N+]([O-])c1ccc(-c2nnc3n2C(CS(=O)(=O)c2ccccc2)CS3)cc1. The number of rotatable bonds is 5. The highest BCUT2D eigenvalue weighted by molar-refractivity contribution is 7.99. The van der Waals surface area contributed by atoms with E-state index in [0.717, 1.165) is 0 Å². The highest BCUT2D eigenvalue weighted by atomic mass is 32.2.